The highest BCUT2D eigenvalue weighted by atomic mass is 32.2. The van der Waals surface area contributed by atoms with Crippen molar-refractivity contribution in [1.29, 1.82) is 0 Å². The van der Waals surface area contributed by atoms with E-state index in [-0.39, 0.29) is 6.03 Å². The first-order chi connectivity index (χ1) is 11.5. The zero-order chi connectivity index (χ0) is 17.5. The van der Waals surface area contributed by atoms with Gasteiger partial charge in [0, 0.05) is 34.2 Å². The summed E-state index contributed by atoms with van der Waals surface area (Å²) in [4.78, 5) is 12.6. The van der Waals surface area contributed by atoms with Crippen molar-refractivity contribution in [3.05, 3.63) is 53.6 Å². The van der Waals surface area contributed by atoms with Crippen LogP contribution >= 0.6 is 0 Å². The van der Waals surface area contributed by atoms with Crippen LogP contribution in [-0.2, 0) is 17.2 Å². The van der Waals surface area contributed by atoms with E-state index in [1.807, 2.05) is 25.1 Å². The highest BCUT2D eigenvalue weighted by molar-refractivity contribution is 7.84. The number of hydrogen-bond donors (Lipinski definition) is 2. The molecule has 6 heteroatoms. The van der Waals surface area contributed by atoms with Gasteiger partial charge in [-0.05, 0) is 48.7 Å². The van der Waals surface area contributed by atoms with Crippen LogP contribution in [0.2, 0.25) is 0 Å². The van der Waals surface area contributed by atoms with Gasteiger partial charge in [0.25, 0.3) is 0 Å². The molecule has 0 saturated carbocycles. The lowest BCUT2D eigenvalue weighted by Gasteiger charge is -2.10. The summed E-state index contributed by atoms with van der Waals surface area (Å²) in [6, 6.07) is 12.7. The van der Waals surface area contributed by atoms with Gasteiger partial charge in [-0.15, -0.1) is 0 Å². The lowest BCUT2D eigenvalue weighted by Crippen LogP contribution is -2.30. The van der Waals surface area contributed by atoms with Crippen LogP contribution in [0.15, 0.2) is 47.4 Å². The lowest BCUT2D eigenvalue weighted by molar-refractivity contribution is 0.252. The number of nitrogens with one attached hydrogen (secondary N) is 2. The Balaban J connectivity index is 1.85. The summed E-state index contributed by atoms with van der Waals surface area (Å²) in [5, 5.41) is 5.56. The molecule has 0 aliphatic rings. The summed E-state index contributed by atoms with van der Waals surface area (Å²) in [7, 11) is 0.575. The van der Waals surface area contributed by atoms with Crippen LogP contribution in [0.3, 0.4) is 0 Å². The maximum atomic E-state index is 11.9. The van der Waals surface area contributed by atoms with Crippen molar-refractivity contribution < 1.29 is 13.7 Å². The van der Waals surface area contributed by atoms with Gasteiger partial charge >= 0.3 is 6.03 Å². The Kier molecular flexibility index (Phi) is 6.37. The SMILES string of the molecule is COc1cc(CCNC(=O)Nc2cccc([S@](C)=O)c2)ccc1C. The first kappa shape index (κ1) is 18.0. The number of benzene rings is 2. The molecule has 2 aromatic carbocycles. The number of ether oxygens (including phenoxy) is 1. The number of urea groups is 1. The molecule has 0 spiro atoms. The van der Waals surface area contributed by atoms with Gasteiger partial charge in [0.05, 0.1) is 7.11 Å². The van der Waals surface area contributed by atoms with Crippen molar-refractivity contribution in [2.75, 3.05) is 25.2 Å². The Labute approximate surface area is 144 Å². The number of carbonyl (C=O) groups is 1. The van der Waals surface area contributed by atoms with E-state index in [4.69, 9.17) is 4.74 Å². The second-order valence-electron chi connectivity index (χ2n) is 5.42. The molecule has 0 aromatic heterocycles. The molecule has 1 atom stereocenters. The molecular formula is C18H22N2O3S. The second kappa shape index (κ2) is 8.49. The molecule has 0 saturated heterocycles. The molecular weight excluding hydrogens is 324 g/mol. The van der Waals surface area contributed by atoms with Crippen LogP contribution in [0, 0.1) is 6.92 Å². The number of hydrogen-bond acceptors (Lipinski definition) is 3. The predicted octanol–water partition coefficient (Wildman–Crippen LogP) is 3.11. The number of methoxy groups -OCH3 is 1. The summed E-state index contributed by atoms with van der Waals surface area (Å²) in [5.41, 5.74) is 2.80. The van der Waals surface area contributed by atoms with Gasteiger partial charge in [0.1, 0.15) is 5.75 Å². The standard InChI is InChI=1S/C18H22N2O3S/c1-13-7-8-14(11-17(13)23-2)9-10-19-18(21)20-15-5-4-6-16(12-15)24(3)22/h4-8,11-12H,9-10H2,1-3H3,(H2,19,20,21)/t24-/m0/s1. The highest BCUT2D eigenvalue weighted by Crippen LogP contribution is 2.19. The average Bonchev–Trinajstić information content (AvgIpc) is 2.56. The molecule has 0 heterocycles. The maximum absolute atomic E-state index is 11.9. The Morgan fingerprint density at radius 1 is 1.21 bits per heavy atom. The topological polar surface area (TPSA) is 67.4 Å². The Morgan fingerprint density at radius 2 is 2.00 bits per heavy atom. The summed E-state index contributed by atoms with van der Waals surface area (Å²) in [5.74, 6) is 0.848. The fourth-order valence-corrected chi connectivity index (χ4v) is 2.83. The van der Waals surface area contributed by atoms with E-state index in [9.17, 15) is 9.00 Å². The van der Waals surface area contributed by atoms with Gasteiger partial charge in [-0.1, -0.05) is 18.2 Å². The predicted molar refractivity (Wildman–Crippen MR) is 97.2 cm³/mol. The summed E-state index contributed by atoms with van der Waals surface area (Å²) in [6.45, 7) is 2.50. The van der Waals surface area contributed by atoms with Crippen molar-refractivity contribution in [3.8, 4) is 5.75 Å². The molecule has 0 radical (unpaired) electrons. The zero-order valence-electron chi connectivity index (χ0n) is 14.1. The smallest absolute Gasteiger partial charge is 0.319 e. The van der Waals surface area contributed by atoms with Gasteiger partial charge in [0.15, 0.2) is 0 Å². The minimum Gasteiger partial charge on any atom is -0.496 e. The number of aryl methyl sites for hydroxylation is 1. The van der Waals surface area contributed by atoms with E-state index >= 15 is 0 Å². The number of carbonyl (C=O) groups excluding carboxylic acids is 1. The largest absolute Gasteiger partial charge is 0.496 e. The zero-order valence-corrected chi connectivity index (χ0v) is 14.9. The molecule has 0 aliphatic carbocycles. The maximum Gasteiger partial charge on any atom is 0.319 e. The third-order valence-electron chi connectivity index (χ3n) is 3.60. The minimum absolute atomic E-state index is 0.284. The van der Waals surface area contributed by atoms with Crippen LogP contribution in [0.1, 0.15) is 11.1 Å². The molecule has 5 nitrogen and oxygen atoms in total. The quantitative estimate of drug-likeness (QED) is 0.844. The molecule has 0 bridgehead atoms. The molecule has 128 valence electrons. The molecule has 2 amide bonds. The van der Waals surface area contributed by atoms with E-state index in [0.29, 0.717) is 23.5 Å². The van der Waals surface area contributed by atoms with Crippen molar-refractivity contribution in [3.63, 3.8) is 0 Å². The number of amides is 2. The van der Waals surface area contributed by atoms with Crippen molar-refractivity contribution in [1.82, 2.24) is 5.32 Å². The molecule has 24 heavy (non-hydrogen) atoms. The number of rotatable bonds is 6. The van der Waals surface area contributed by atoms with Crippen molar-refractivity contribution in [2.24, 2.45) is 0 Å². The van der Waals surface area contributed by atoms with Crippen LogP contribution in [0.5, 0.6) is 5.75 Å². The van der Waals surface area contributed by atoms with Gasteiger partial charge in [-0.3, -0.25) is 4.21 Å². The van der Waals surface area contributed by atoms with Crippen LogP contribution in [-0.4, -0.2) is 30.2 Å². The first-order valence-corrected chi connectivity index (χ1v) is 9.17. The van der Waals surface area contributed by atoms with Gasteiger partial charge in [0.2, 0.25) is 0 Å². The van der Waals surface area contributed by atoms with Crippen LogP contribution in [0.4, 0.5) is 10.5 Å². The molecule has 0 aliphatic heterocycles. The fourth-order valence-electron chi connectivity index (χ4n) is 2.27. The molecule has 0 unspecified atom stereocenters. The van der Waals surface area contributed by atoms with Crippen LogP contribution in [0.25, 0.3) is 0 Å². The van der Waals surface area contributed by atoms with E-state index in [1.54, 1.807) is 37.6 Å². The second-order valence-corrected chi connectivity index (χ2v) is 6.80. The Bertz CT molecular complexity index is 747. The van der Waals surface area contributed by atoms with E-state index < -0.39 is 10.8 Å². The summed E-state index contributed by atoms with van der Waals surface area (Å²) >= 11 is 0. The monoisotopic (exact) mass is 346 g/mol. The van der Waals surface area contributed by atoms with Crippen molar-refractivity contribution >= 4 is 22.5 Å². The van der Waals surface area contributed by atoms with Crippen LogP contribution < -0.4 is 15.4 Å². The van der Waals surface area contributed by atoms with Gasteiger partial charge < -0.3 is 15.4 Å². The Hall–Kier alpha value is -2.34. The minimum atomic E-state index is -1.07. The average molecular weight is 346 g/mol. The van der Waals surface area contributed by atoms with Gasteiger partial charge in [-0.25, -0.2) is 4.79 Å². The van der Waals surface area contributed by atoms with E-state index in [1.165, 1.54) is 0 Å². The first-order valence-electron chi connectivity index (χ1n) is 7.61. The van der Waals surface area contributed by atoms with E-state index in [0.717, 1.165) is 16.9 Å². The lowest BCUT2D eigenvalue weighted by atomic mass is 10.1. The third-order valence-corrected chi connectivity index (χ3v) is 4.51. The van der Waals surface area contributed by atoms with E-state index in [2.05, 4.69) is 10.6 Å². The highest BCUT2D eigenvalue weighted by Gasteiger charge is 2.05. The summed E-state index contributed by atoms with van der Waals surface area (Å²) in [6.07, 6.45) is 2.32. The molecule has 2 aromatic rings. The normalized spacial score (nSPS) is 11.6. The number of anilines is 1. The fraction of sp³-hybridized carbons (Fsp3) is 0.278. The van der Waals surface area contributed by atoms with Crippen molar-refractivity contribution in [2.45, 2.75) is 18.2 Å². The molecule has 2 N–H and O–H groups in total. The molecule has 0 fully saturated rings. The third kappa shape index (κ3) is 5.09. The van der Waals surface area contributed by atoms with Gasteiger partial charge in [-0.2, -0.15) is 0 Å². The Morgan fingerprint density at radius 3 is 2.71 bits per heavy atom. The summed E-state index contributed by atoms with van der Waals surface area (Å²) < 4.78 is 16.8. The molecule has 2 rings (SSSR count).